The van der Waals surface area contributed by atoms with E-state index in [0.717, 1.165) is 50.0 Å². The second kappa shape index (κ2) is 29.7. The summed E-state index contributed by atoms with van der Waals surface area (Å²) in [5.41, 5.74) is -1.04. The first kappa shape index (κ1) is 54.5. The highest BCUT2D eigenvalue weighted by Crippen LogP contribution is 2.42. The fourth-order valence-electron chi connectivity index (χ4n) is 8.77. The highest BCUT2D eigenvalue weighted by Gasteiger charge is 2.56. The third-order valence-electron chi connectivity index (χ3n) is 12.9. The summed E-state index contributed by atoms with van der Waals surface area (Å²) in [5, 5.41) is 9.20. The molecule has 0 bridgehead atoms. The lowest BCUT2D eigenvalue weighted by Crippen LogP contribution is -2.76. The van der Waals surface area contributed by atoms with Gasteiger partial charge in [-0.1, -0.05) is 96.4 Å². The summed E-state index contributed by atoms with van der Waals surface area (Å²) in [4.78, 5) is 13.8. The van der Waals surface area contributed by atoms with E-state index >= 15 is 0 Å². The van der Waals surface area contributed by atoms with Gasteiger partial charge in [-0.05, 0) is 119 Å². The Morgan fingerprint density at radius 1 is 0.804 bits per heavy atom. The smallest absolute Gasteiger partial charge is 0.306 e. The molecule has 330 valence electrons. The molecule has 0 amide bonds. The molecule has 0 heterocycles. The van der Waals surface area contributed by atoms with E-state index in [4.69, 9.17) is 14.2 Å². The monoisotopic (exact) mass is 792 g/mol. The van der Waals surface area contributed by atoms with Crippen LogP contribution in [0.1, 0.15) is 185 Å². The van der Waals surface area contributed by atoms with Crippen LogP contribution in [0.2, 0.25) is 0 Å². The third kappa shape index (κ3) is 21.5. The maximum absolute atomic E-state index is 11.2. The Hall–Kier alpha value is -1.51. The van der Waals surface area contributed by atoms with Crippen molar-refractivity contribution in [2.45, 2.75) is 220 Å². The maximum atomic E-state index is 11.2. The third-order valence-corrected chi connectivity index (χ3v) is 12.9. The van der Waals surface area contributed by atoms with Gasteiger partial charge in [0.05, 0.1) is 42.9 Å². The highest BCUT2D eigenvalue weighted by atomic mass is 16.5. The van der Waals surface area contributed by atoms with Crippen LogP contribution in [0.5, 0.6) is 0 Å². The van der Waals surface area contributed by atoms with Gasteiger partial charge in [0, 0.05) is 33.2 Å². The Morgan fingerprint density at radius 2 is 1.36 bits per heavy atom. The first-order valence-corrected chi connectivity index (χ1v) is 22.9. The molecule has 0 aliphatic rings. The van der Waals surface area contributed by atoms with Crippen LogP contribution in [0.15, 0.2) is 37.5 Å². The van der Waals surface area contributed by atoms with Gasteiger partial charge in [-0.15, -0.1) is 6.58 Å². The van der Waals surface area contributed by atoms with Crippen LogP contribution >= 0.6 is 0 Å². The van der Waals surface area contributed by atoms with Crippen LogP contribution in [-0.4, -0.2) is 102 Å². The molecule has 0 aromatic carbocycles. The van der Waals surface area contributed by atoms with E-state index in [2.05, 4.69) is 105 Å². The average Bonchev–Trinajstić information content (AvgIpc) is 3.11. The van der Waals surface area contributed by atoms with Gasteiger partial charge in [0.1, 0.15) is 11.6 Å². The molecule has 0 saturated heterocycles. The van der Waals surface area contributed by atoms with Crippen LogP contribution in [0.4, 0.5) is 0 Å². The Bertz CT molecular complexity index is 1060. The number of methoxy groups -OCH3 is 1. The van der Waals surface area contributed by atoms with Crippen molar-refractivity contribution < 1.29 is 28.6 Å². The predicted molar refractivity (Wildman–Crippen MR) is 242 cm³/mol. The van der Waals surface area contributed by atoms with E-state index < -0.39 is 11.6 Å². The van der Waals surface area contributed by atoms with Crippen molar-refractivity contribution in [1.29, 1.82) is 0 Å². The van der Waals surface area contributed by atoms with E-state index in [9.17, 15) is 9.90 Å². The van der Waals surface area contributed by atoms with Crippen molar-refractivity contribution in [2.24, 2.45) is 5.92 Å². The molecule has 1 N–H and O–H groups in total. The Kier molecular flexibility index (Phi) is 28.9. The highest BCUT2D eigenvalue weighted by molar-refractivity contribution is 5.67. The predicted octanol–water partition coefficient (Wildman–Crippen LogP) is 12.6. The molecule has 0 saturated carbocycles. The van der Waals surface area contributed by atoms with Crippen molar-refractivity contribution in [3.8, 4) is 0 Å². The lowest BCUT2D eigenvalue weighted by atomic mass is 9.81. The van der Waals surface area contributed by atoms with Gasteiger partial charge >= 0.3 is 5.97 Å². The van der Waals surface area contributed by atoms with Gasteiger partial charge in [-0.3, -0.25) is 9.69 Å². The van der Waals surface area contributed by atoms with Crippen LogP contribution in [-0.2, 0) is 19.0 Å². The fraction of sp³-hybridized carbons (Fsp3) is 0.857. The number of carboxylic acids is 1. The van der Waals surface area contributed by atoms with Gasteiger partial charge in [-0.25, -0.2) is 0 Å². The zero-order valence-corrected chi connectivity index (χ0v) is 39.3. The van der Waals surface area contributed by atoms with E-state index in [0.29, 0.717) is 6.61 Å². The quantitative estimate of drug-likeness (QED) is 0.0382. The SMILES string of the molecule is C=CCN(CCCCCCCC/C=C/CCCCCCCC)CC[N+](CC=C)(C(C)(C)CC(C)OC(C)C(C)CCOC(C)(C)CC(=O)O)C(C)(C)C(C)OC. The molecule has 7 nitrogen and oxygen atoms in total. The number of rotatable bonds is 38. The van der Waals surface area contributed by atoms with Crippen molar-refractivity contribution in [3.63, 3.8) is 0 Å². The number of carbonyl (C=O) groups is 1. The van der Waals surface area contributed by atoms with Crippen molar-refractivity contribution in [2.75, 3.05) is 46.4 Å². The number of nitrogens with zero attached hydrogens (tertiary/aromatic N) is 2. The Morgan fingerprint density at radius 3 is 1.88 bits per heavy atom. The normalized spacial score (nSPS) is 16.2. The molecule has 0 aromatic rings. The summed E-state index contributed by atoms with van der Waals surface area (Å²) in [7, 11) is 1.83. The minimum atomic E-state index is -0.840. The summed E-state index contributed by atoms with van der Waals surface area (Å²) in [5.74, 6) is -0.569. The minimum absolute atomic E-state index is 0.00843. The van der Waals surface area contributed by atoms with Crippen LogP contribution in [0.3, 0.4) is 0 Å². The maximum Gasteiger partial charge on any atom is 0.306 e. The lowest BCUT2D eigenvalue weighted by Gasteiger charge is -2.61. The standard InChI is InChI=1S/C49H94N2O5/c1-15-18-19-20-21-22-23-24-25-26-27-28-29-30-31-32-35-50(34-16-2)36-38-51(37-17-3,49(12,13)45(7)54-14)47(8,9)40-43(5)56-44(6)42(4)33-39-55-48(10,11)41-46(52)53/h16-17,24-25,42-45H,2-3,15,18-23,26-41H2,1,4-14H3/p+1/b25-24+. The number of unbranched alkanes of at least 4 members (excludes halogenated alkanes) is 12. The molecule has 0 rings (SSSR count). The number of hydrogen-bond donors (Lipinski definition) is 1. The van der Waals surface area contributed by atoms with Gasteiger partial charge < -0.3 is 23.8 Å². The first-order chi connectivity index (χ1) is 26.4. The van der Waals surface area contributed by atoms with Crippen molar-refractivity contribution in [1.82, 2.24) is 4.90 Å². The second-order valence-corrected chi connectivity index (χ2v) is 18.8. The summed E-state index contributed by atoms with van der Waals surface area (Å²) in [6.45, 7) is 38.0. The second-order valence-electron chi connectivity index (χ2n) is 18.8. The molecule has 0 fully saturated rings. The molecule has 56 heavy (non-hydrogen) atoms. The Labute approximate surface area is 348 Å². The topological polar surface area (TPSA) is 68.2 Å². The van der Waals surface area contributed by atoms with Gasteiger partial charge in [0.2, 0.25) is 0 Å². The van der Waals surface area contributed by atoms with Gasteiger partial charge in [0.15, 0.2) is 0 Å². The molecule has 5 atom stereocenters. The molecule has 5 unspecified atom stereocenters. The summed E-state index contributed by atoms with van der Waals surface area (Å²) < 4.78 is 19.6. The van der Waals surface area contributed by atoms with E-state index in [1.54, 1.807) is 0 Å². The minimum Gasteiger partial charge on any atom is -0.481 e. The van der Waals surface area contributed by atoms with Crippen LogP contribution in [0, 0.1) is 5.92 Å². The average molecular weight is 792 g/mol. The number of carboxylic acid groups (broad SMARTS) is 1. The fourth-order valence-corrected chi connectivity index (χ4v) is 8.77. The largest absolute Gasteiger partial charge is 0.481 e. The molecular weight excluding hydrogens is 697 g/mol. The summed E-state index contributed by atoms with van der Waals surface area (Å²) >= 11 is 0. The van der Waals surface area contributed by atoms with Crippen molar-refractivity contribution >= 4 is 5.97 Å². The van der Waals surface area contributed by atoms with Gasteiger partial charge in [0.25, 0.3) is 0 Å². The molecule has 0 aliphatic heterocycles. The summed E-state index contributed by atoms with van der Waals surface area (Å²) in [6, 6.07) is 0. The number of hydrogen-bond acceptors (Lipinski definition) is 5. The lowest BCUT2D eigenvalue weighted by molar-refractivity contribution is -1.01. The van der Waals surface area contributed by atoms with Crippen molar-refractivity contribution in [3.05, 3.63) is 37.5 Å². The van der Waals surface area contributed by atoms with E-state index in [-0.39, 0.29) is 41.7 Å². The Balaban J connectivity index is 5.37. The van der Waals surface area contributed by atoms with Crippen LogP contribution < -0.4 is 0 Å². The molecule has 0 aromatic heterocycles. The molecular formula is C49H95N2O5+. The number of quaternary nitrogens is 1. The number of aliphatic carboxylic acids is 1. The zero-order valence-electron chi connectivity index (χ0n) is 39.3. The summed E-state index contributed by atoms with van der Waals surface area (Å²) in [6.07, 6.45) is 29.4. The van der Waals surface area contributed by atoms with E-state index in [1.165, 1.54) is 89.9 Å². The molecule has 0 spiro atoms. The van der Waals surface area contributed by atoms with Gasteiger partial charge in [-0.2, -0.15) is 0 Å². The molecule has 7 heteroatoms. The molecule has 0 radical (unpaired) electrons. The number of ether oxygens (including phenoxy) is 3. The zero-order chi connectivity index (χ0) is 42.7. The van der Waals surface area contributed by atoms with Crippen LogP contribution in [0.25, 0.3) is 0 Å². The molecule has 0 aliphatic carbocycles. The number of allylic oxidation sites excluding steroid dienone is 2. The first-order valence-electron chi connectivity index (χ1n) is 22.9. The van der Waals surface area contributed by atoms with E-state index in [1.807, 2.05) is 21.0 Å².